The van der Waals surface area contributed by atoms with Gasteiger partial charge in [0.05, 0.1) is 0 Å². The first-order valence-corrected chi connectivity index (χ1v) is 9.55. The number of hydrogen-bond donors (Lipinski definition) is 2. The summed E-state index contributed by atoms with van der Waals surface area (Å²) in [5.41, 5.74) is -2.50. The first-order chi connectivity index (χ1) is 14.6. The maximum absolute atomic E-state index is 12.3. The van der Waals surface area contributed by atoms with Crippen molar-refractivity contribution < 1.29 is 65.2 Å². The van der Waals surface area contributed by atoms with Crippen molar-refractivity contribution in [2.24, 2.45) is 5.41 Å². The van der Waals surface area contributed by atoms with Gasteiger partial charge in [-0.1, -0.05) is 38.5 Å². The molecular weight excluding hydrogens is 458 g/mol. The quantitative estimate of drug-likeness (QED) is 0.205. The van der Waals surface area contributed by atoms with Crippen LogP contribution < -0.4 is 0 Å². The van der Waals surface area contributed by atoms with E-state index in [1.165, 1.54) is 0 Å². The predicted molar refractivity (Wildman–Crippen MR) is 93.3 cm³/mol. The second kappa shape index (κ2) is 13.1. The summed E-state index contributed by atoms with van der Waals surface area (Å²) in [6, 6.07) is 0. The van der Waals surface area contributed by atoms with Gasteiger partial charge in [0, 0.05) is 6.42 Å². The lowest BCUT2D eigenvalue weighted by Gasteiger charge is -2.28. The van der Waals surface area contributed by atoms with Gasteiger partial charge in [-0.2, -0.15) is 26.3 Å². The highest BCUT2D eigenvalue weighted by molar-refractivity contribution is 5.79. The summed E-state index contributed by atoms with van der Waals surface area (Å²) in [7, 11) is 0. The molecule has 0 aromatic carbocycles. The molecule has 0 spiro atoms. The van der Waals surface area contributed by atoms with Crippen LogP contribution in [0, 0.1) is 5.41 Å². The van der Waals surface area contributed by atoms with Gasteiger partial charge in [-0.25, -0.2) is 9.59 Å². The Balaban J connectivity index is 4.91. The van der Waals surface area contributed by atoms with E-state index in [4.69, 9.17) is 5.11 Å². The monoisotopic (exact) mass is 482 g/mol. The Hall–Kier alpha value is -2.54. The largest absolute Gasteiger partial charge is 0.490 e. The molecule has 0 radical (unpaired) electrons. The number of alkyl halides is 6. The van der Waals surface area contributed by atoms with Crippen LogP contribution in [0.4, 0.5) is 26.3 Å². The van der Waals surface area contributed by atoms with Crippen LogP contribution in [0.3, 0.4) is 0 Å². The third kappa shape index (κ3) is 11.7. The lowest BCUT2D eigenvalue weighted by molar-refractivity contribution is -0.211. The van der Waals surface area contributed by atoms with Crippen LogP contribution in [0.2, 0.25) is 0 Å². The lowest BCUT2D eigenvalue weighted by Crippen LogP contribution is -2.44. The molecule has 0 aliphatic rings. The molecule has 186 valence electrons. The molecule has 0 saturated heterocycles. The van der Waals surface area contributed by atoms with E-state index >= 15 is 0 Å². The van der Waals surface area contributed by atoms with E-state index in [2.05, 4.69) is 9.47 Å². The van der Waals surface area contributed by atoms with Gasteiger partial charge < -0.3 is 19.7 Å². The van der Waals surface area contributed by atoms with Crippen molar-refractivity contribution in [3.63, 3.8) is 0 Å². The number of carbonyl (C=O) groups excluding carboxylic acids is 2. The number of ether oxygens (including phenoxy) is 2. The van der Waals surface area contributed by atoms with Gasteiger partial charge in [0.2, 0.25) is 0 Å². The second-order valence-electron chi connectivity index (χ2n) is 7.10. The number of unbranched alkanes of at least 4 members (excludes halogenated alkanes) is 6. The molecule has 0 rings (SSSR count). The summed E-state index contributed by atoms with van der Waals surface area (Å²) in [5, 5.41) is 17.9. The summed E-state index contributed by atoms with van der Waals surface area (Å²) in [6.45, 7) is -2.89. The van der Waals surface area contributed by atoms with E-state index in [1.54, 1.807) is 0 Å². The molecule has 0 fully saturated rings. The number of carboxylic acids is 2. The van der Waals surface area contributed by atoms with Crippen molar-refractivity contribution in [1.29, 1.82) is 0 Å². The van der Waals surface area contributed by atoms with Gasteiger partial charge in [-0.15, -0.1) is 0 Å². The first kappa shape index (κ1) is 29.5. The normalized spacial score (nSPS) is 12.3. The zero-order valence-corrected chi connectivity index (χ0v) is 16.9. The zero-order chi connectivity index (χ0) is 25.0. The van der Waals surface area contributed by atoms with Crippen molar-refractivity contribution >= 4 is 23.9 Å². The molecule has 0 saturated carbocycles. The summed E-state index contributed by atoms with van der Waals surface area (Å²) < 4.78 is 81.8. The Labute approximate surface area is 178 Å². The Morgan fingerprint density at radius 2 is 1.00 bits per heavy atom. The highest BCUT2D eigenvalue weighted by Gasteiger charge is 2.48. The van der Waals surface area contributed by atoms with E-state index in [1.807, 2.05) is 0 Å². The Morgan fingerprint density at radius 1 is 0.625 bits per heavy atom. The molecule has 0 atom stereocenters. The summed E-state index contributed by atoms with van der Waals surface area (Å²) in [5.74, 6) is -8.28. The van der Waals surface area contributed by atoms with Gasteiger partial charge in [0.25, 0.3) is 0 Å². The molecule has 0 aromatic rings. The van der Waals surface area contributed by atoms with Gasteiger partial charge in [-0.3, -0.25) is 9.59 Å². The fourth-order valence-corrected chi connectivity index (χ4v) is 2.61. The number of rotatable bonds is 15. The number of aliphatic carboxylic acids is 2. The van der Waals surface area contributed by atoms with E-state index in [0.29, 0.717) is 38.5 Å². The molecule has 0 aromatic heterocycles. The fraction of sp³-hybridized carbons (Fsp3) is 0.778. The maximum Gasteiger partial charge on any atom is 0.490 e. The average molecular weight is 482 g/mol. The minimum Gasteiger partial charge on any atom is -0.481 e. The second-order valence-corrected chi connectivity index (χ2v) is 7.10. The summed E-state index contributed by atoms with van der Waals surface area (Å²) in [6.07, 6.45) is -8.04. The molecule has 0 unspecified atom stereocenters. The van der Waals surface area contributed by atoms with Gasteiger partial charge in [-0.05, 0) is 12.8 Å². The van der Waals surface area contributed by atoms with Gasteiger partial charge in [0.15, 0.2) is 0 Å². The summed E-state index contributed by atoms with van der Waals surface area (Å²) in [4.78, 5) is 43.9. The SMILES string of the molecule is O=C(O)CCCCCCCCCC(COC(=O)C(F)(F)F)(COC(=O)C(F)(F)F)C(=O)O. The van der Waals surface area contributed by atoms with Crippen LogP contribution in [0.25, 0.3) is 0 Å². The minimum atomic E-state index is -5.45. The number of esters is 2. The van der Waals surface area contributed by atoms with E-state index in [0.717, 1.165) is 0 Å². The predicted octanol–water partition coefficient (Wildman–Crippen LogP) is 3.86. The minimum absolute atomic E-state index is 0.0222. The lowest BCUT2D eigenvalue weighted by atomic mass is 9.84. The van der Waals surface area contributed by atoms with Crippen LogP contribution in [0.5, 0.6) is 0 Å². The number of halogens is 6. The molecular formula is C18H24F6O8. The van der Waals surface area contributed by atoms with Crippen molar-refractivity contribution in [3.8, 4) is 0 Å². The van der Waals surface area contributed by atoms with Crippen molar-refractivity contribution in [1.82, 2.24) is 0 Å². The number of carbonyl (C=O) groups is 4. The maximum atomic E-state index is 12.3. The number of carboxylic acid groups (broad SMARTS) is 2. The molecule has 0 heterocycles. The smallest absolute Gasteiger partial charge is 0.481 e. The Bertz CT molecular complexity index is 614. The molecule has 14 heteroatoms. The Kier molecular flexibility index (Phi) is 12.1. The molecule has 0 bridgehead atoms. The zero-order valence-electron chi connectivity index (χ0n) is 16.9. The van der Waals surface area contributed by atoms with Crippen LogP contribution in [0.15, 0.2) is 0 Å². The van der Waals surface area contributed by atoms with Gasteiger partial charge in [0.1, 0.15) is 18.6 Å². The van der Waals surface area contributed by atoms with Crippen molar-refractivity contribution in [3.05, 3.63) is 0 Å². The van der Waals surface area contributed by atoms with Gasteiger partial charge >= 0.3 is 36.2 Å². The van der Waals surface area contributed by atoms with Crippen LogP contribution in [0.1, 0.15) is 57.8 Å². The standard InChI is InChI=1S/C18H24F6O8/c19-17(20,21)14(29)31-10-16(13(27)28,11-32-15(30)18(22,23)24)9-7-5-3-1-2-4-6-8-12(25)26/h1-11H2,(H,25,26)(H,27,28). The van der Waals surface area contributed by atoms with Crippen molar-refractivity contribution in [2.75, 3.05) is 13.2 Å². The average Bonchev–Trinajstić information content (AvgIpc) is 2.65. The van der Waals surface area contributed by atoms with Crippen LogP contribution in [-0.2, 0) is 28.7 Å². The van der Waals surface area contributed by atoms with Crippen molar-refractivity contribution in [2.45, 2.75) is 70.1 Å². The topological polar surface area (TPSA) is 127 Å². The highest BCUT2D eigenvalue weighted by atomic mass is 19.4. The third-order valence-electron chi connectivity index (χ3n) is 4.42. The van der Waals surface area contributed by atoms with E-state index in [9.17, 15) is 50.6 Å². The van der Waals surface area contributed by atoms with Crippen LogP contribution in [-0.4, -0.2) is 59.7 Å². The van der Waals surface area contributed by atoms with E-state index < -0.39 is 61.3 Å². The molecule has 8 nitrogen and oxygen atoms in total. The first-order valence-electron chi connectivity index (χ1n) is 9.55. The third-order valence-corrected chi connectivity index (χ3v) is 4.42. The molecule has 0 aliphatic carbocycles. The highest BCUT2D eigenvalue weighted by Crippen LogP contribution is 2.30. The molecule has 0 aliphatic heterocycles. The number of hydrogen-bond acceptors (Lipinski definition) is 6. The van der Waals surface area contributed by atoms with Crippen LogP contribution >= 0.6 is 0 Å². The Morgan fingerprint density at radius 3 is 1.34 bits per heavy atom. The molecule has 32 heavy (non-hydrogen) atoms. The van der Waals surface area contributed by atoms with E-state index in [-0.39, 0.29) is 12.8 Å². The fourth-order valence-electron chi connectivity index (χ4n) is 2.61. The summed E-state index contributed by atoms with van der Waals surface area (Å²) >= 11 is 0. The molecule has 0 amide bonds. The molecule has 2 N–H and O–H groups in total.